The van der Waals surface area contributed by atoms with Crippen molar-refractivity contribution in [3.05, 3.63) is 58.2 Å². The highest BCUT2D eigenvalue weighted by Gasteiger charge is 2.43. The number of allylic oxidation sites excluding steroid dienone is 3. The summed E-state index contributed by atoms with van der Waals surface area (Å²) in [4.78, 5) is 0. The number of rotatable bonds is 2. The van der Waals surface area contributed by atoms with E-state index < -0.39 is 0 Å². The molecule has 0 bridgehead atoms. The largest absolute Gasteiger partial charge is 0.310 e. The third kappa shape index (κ3) is 2.28. The average Bonchev–Trinajstić information content (AvgIpc) is 2.46. The standard InChI is InChI=1S/C20H27N/c1-5-17-9-10-18-16(4)21-12-11-20(18,13-17)19-14(2)7-6-8-15(19)3/h6-10,16,21H,5,11-13H2,1-4H3. The van der Waals surface area contributed by atoms with Crippen molar-refractivity contribution in [2.24, 2.45) is 0 Å². The zero-order chi connectivity index (χ0) is 15.0. The van der Waals surface area contributed by atoms with Crippen LogP contribution in [0.25, 0.3) is 0 Å². The lowest BCUT2D eigenvalue weighted by Crippen LogP contribution is -2.49. The third-order valence-corrected chi connectivity index (χ3v) is 5.46. The molecule has 2 aliphatic rings. The Morgan fingerprint density at radius 3 is 2.57 bits per heavy atom. The van der Waals surface area contributed by atoms with Crippen LogP contribution in [0.5, 0.6) is 0 Å². The van der Waals surface area contributed by atoms with Crippen molar-refractivity contribution >= 4 is 0 Å². The average molecular weight is 281 g/mol. The van der Waals surface area contributed by atoms with Gasteiger partial charge in [0.2, 0.25) is 0 Å². The lowest BCUT2D eigenvalue weighted by molar-refractivity contribution is 0.343. The van der Waals surface area contributed by atoms with Gasteiger partial charge in [0, 0.05) is 11.5 Å². The quantitative estimate of drug-likeness (QED) is 0.836. The lowest BCUT2D eigenvalue weighted by atomic mass is 9.60. The Hall–Kier alpha value is -1.34. The van der Waals surface area contributed by atoms with Crippen LogP contribution in [0.2, 0.25) is 0 Å². The summed E-state index contributed by atoms with van der Waals surface area (Å²) in [5, 5.41) is 3.65. The molecule has 3 rings (SSSR count). The summed E-state index contributed by atoms with van der Waals surface area (Å²) < 4.78 is 0. The van der Waals surface area contributed by atoms with Crippen molar-refractivity contribution in [1.29, 1.82) is 0 Å². The number of benzene rings is 1. The van der Waals surface area contributed by atoms with Gasteiger partial charge in [0.25, 0.3) is 0 Å². The maximum Gasteiger partial charge on any atom is 0.0263 e. The molecule has 112 valence electrons. The Morgan fingerprint density at radius 2 is 1.90 bits per heavy atom. The molecule has 1 aromatic rings. The number of nitrogens with one attached hydrogen (secondary N) is 1. The monoisotopic (exact) mass is 281 g/mol. The van der Waals surface area contributed by atoms with E-state index in [-0.39, 0.29) is 5.41 Å². The van der Waals surface area contributed by atoms with E-state index in [1.54, 1.807) is 16.7 Å². The summed E-state index contributed by atoms with van der Waals surface area (Å²) in [6.07, 6.45) is 8.35. The van der Waals surface area contributed by atoms with Crippen molar-refractivity contribution < 1.29 is 0 Å². The molecule has 21 heavy (non-hydrogen) atoms. The first-order valence-electron chi connectivity index (χ1n) is 8.28. The van der Waals surface area contributed by atoms with Crippen LogP contribution < -0.4 is 5.32 Å². The van der Waals surface area contributed by atoms with Gasteiger partial charge in [0.1, 0.15) is 0 Å². The van der Waals surface area contributed by atoms with Crippen molar-refractivity contribution in [3.8, 4) is 0 Å². The van der Waals surface area contributed by atoms with Gasteiger partial charge in [-0.25, -0.2) is 0 Å². The molecule has 1 N–H and O–H groups in total. The molecule has 1 aliphatic heterocycles. The molecule has 0 saturated carbocycles. The van der Waals surface area contributed by atoms with E-state index in [0.717, 1.165) is 13.0 Å². The zero-order valence-corrected chi connectivity index (χ0v) is 13.8. The second kappa shape index (κ2) is 5.46. The smallest absolute Gasteiger partial charge is 0.0263 e. The SMILES string of the molecule is CCC1=CC=C2C(C)NCCC2(c2c(C)cccc2C)C1. The molecule has 0 radical (unpaired) electrons. The fraction of sp³-hybridized carbons (Fsp3) is 0.500. The second-order valence-corrected chi connectivity index (χ2v) is 6.75. The zero-order valence-electron chi connectivity index (χ0n) is 13.8. The highest BCUT2D eigenvalue weighted by molar-refractivity contribution is 5.52. The van der Waals surface area contributed by atoms with Gasteiger partial charge in [-0.2, -0.15) is 0 Å². The van der Waals surface area contributed by atoms with E-state index in [1.165, 1.54) is 24.0 Å². The van der Waals surface area contributed by atoms with Crippen LogP contribution in [0.4, 0.5) is 0 Å². The topological polar surface area (TPSA) is 12.0 Å². The number of fused-ring (bicyclic) bond motifs is 1. The summed E-state index contributed by atoms with van der Waals surface area (Å²) in [5.74, 6) is 0. The Bertz CT molecular complexity index is 588. The minimum absolute atomic E-state index is 0.222. The fourth-order valence-electron chi connectivity index (χ4n) is 4.49. The molecule has 1 nitrogen and oxygen atoms in total. The van der Waals surface area contributed by atoms with Crippen LogP contribution >= 0.6 is 0 Å². The van der Waals surface area contributed by atoms with Crippen LogP contribution in [0.15, 0.2) is 41.5 Å². The fourth-order valence-corrected chi connectivity index (χ4v) is 4.49. The molecular weight excluding hydrogens is 254 g/mol. The summed E-state index contributed by atoms with van der Waals surface area (Å²) in [6, 6.07) is 7.24. The normalized spacial score (nSPS) is 28.7. The summed E-state index contributed by atoms with van der Waals surface area (Å²) >= 11 is 0. The Balaban J connectivity index is 2.20. The van der Waals surface area contributed by atoms with Gasteiger partial charge in [0.15, 0.2) is 0 Å². The predicted octanol–water partition coefficient (Wildman–Crippen LogP) is 4.59. The molecular formula is C20H27N. The molecule has 1 heterocycles. The van der Waals surface area contributed by atoms with Gasteiger partial charge in [-0.1, -0.05) is 42.8 Å². The van der Waals surface area contributed by atoms with Gasteiger partial charge >= 0.3 is 0 Å². The molecule has 1 saturated heterocycles. The van der Waals surface area contributed by atoms with Gasteiger partial charge in [-0.05, 0) is 68.8 Å². The molecule has 2 unspecified atom stereocenters. The lowest BCUT2D eigenvalue weighted by Gasteiger charge is -2.47. The summed E-state index contributed by atoms with van der Waals surface area (Å²) in [5.41, 5.74) is 7.89. The van der Waals surface area contributed by atoms with E-state index in [9.17, 15) is 0 Å². The highest BCUT2D eigenvalue weighted by atomic mass is 14.9. The van der Waals surface area contributed by atoms with Gasteiger partial charge < -0.3 is 5.32 Å². The van der Waals surface area contributed by atoms with Crippen molar-refractivity contribution in [2.45, 2.75) is 58.4 Å². The third-order valence-electron chi connectivity index (χ3n) is 5.46. The van der Waals surface area contributed by atoms with Crippen molar-refractivity contribution in [2.75, 3.05) is 6.54 Å². The number of hydrogen-bond donors (Lipinski definition) is 1. The minimum atomic E-state index is 0.222. The maximum atomic E-state index is 3.65. The van der Waals surface area contributed by atoms with E-state index in [1.807, 2.05) is 0 Å². The number of aryl methyl sites for hydroxylation is 2. The van der Waals surface area contributed by atoms with Gasteiger partial charge in [-0.3, -0.25) is 0 Å². The van der Waals surface area contributed by atoms with Crippen LogP contribution in [-0.4, -0.2) is 12.6 Å². The molecule has 1 heteroatoms. The van der Waals surface area contributed by atoms with Gasteiger partial charge in [-0.15, -0.1) is 0 Å². The van der Waals surface area contributed by atoms with E-state index in [2.05, 4.69) is 63.4 Å². The molecule has 2 atom stereocenters. The molecule has 0 aromatic heterocycles. The second-order valence-electron chi connectivity index (χ2n) is 6.75. The van der Waals surface area contributed by atoms with Crippen molar-refractivity contribution in [3.63, 3.8) is 0 Å². The first-order chi connectivity index (χ1) is 10.1. The molecule has 1 aliphatic carbocycles. The van der Waals surface area contributed by atoms with E-state index in [4.69, 9.17) is 0 Å². The van der Waals surface area contributed by atoms with Crippen molar-refractivity contribution in [1.82, 2.24) is 5.32 Å². The number of piperidine rings is 1. The van der Waals surface area contributed by atoms with E-state index in [0.29, 0.717) is 6.04 Å². The van der Waals surface area contributed by atoms with Gasteiger partial charge in [0.05, 0.1) is 0 Å². The maximum absolute atomic E-state index is 3.65. The molecule has 1 fully saturated rings. The van der Waals surface area contributed by atoms with E-state index >= 15 is 0 Å². The molecule has 0 amide bonds. The summed E-state index contributed by atoms with van der Waals surface area (Å²) in [6.45, 7) is 10.3. The summed E-state index contributed by atoms with van der Waals surface area (Å²) in [7, 11) is 0. The minimum Gasteiger partial charge on any atom is -0.310 e. The first kappa shape index (κ1) is 14.6. The van der Waals surface area contributed by atoms with Crippen LogP contribution in [-0.2, 0) is 5.41 Å². The van der Waals surface area contributed by atoms with Crippen LogP contribution in [0.1, 0.15) is 49.8 Å². The molecule has 1 aromatic carbocycles. The van der Waals surface area contributed by atoms with Crippen LogP contribution in [0.3, 0.4) is 0 Å². The first-order valence-corrected chi connectivity index (χ1v) is 8.28. The predicted molar refractivity (Wildman–Crippen MR) is 90.7 cm³/mol. The van der Waals surface area contributed by atoms with Crippen LogP contribution in [0, 0.1) is 13.8 Å². The Kier molecular flexibility index (Phi) is 3.79. The molecule has 0 spiro atoms. The Labute approximate surface area is 129 Å². The highest BCUT2D eigenvalue weighted by Crippen LogP contribution is 2.49. The number of hydrogen-bond acceptors (Lipinski definition) is 1. The Morgan fingerprint density at radius 1 is 1.19 bits per heavy atom.